The van der Waals surface area contributed by atoms with Gasteiger partial charge in [0.25, 0.3) is 0 Å². The second kappa shape index (κ2) is 9.35. The van der Waals surface area contributed by atoms with E-state index in [9.17, 15) is 9.90 Å². The average Bonchev–Trinajstić information content (AvgIpc) is 2.40. The van der Waals surface area contributed by atoms with Gasteiger partial charge >= 0.3 is 5.97 Å². The molecule has 0 spiro atoms. The summed E-state index contributed by atoms with van der Waals surface area (Å²) in [6.45, 7) is 12.5. The quantitative estimate of drug-likeness (QED) is 0.506. The Bertz CT molecular complexity index is 444. The maximum Gasteiger partial charge on any atom is 0.335 e. The summed E-state index contributed by atoms with van der Waals surface area (Å²) in [4.78, 5) is 11.3. The van der Waals surface area contributed by atoms with Crippen molar-refractivity contribution in [2.24, 2.45) is 5.92 Å². The van der Waals surface area contributed by atoms with Crippen molar-refractivity contribution >= 4 is 5.97 Å². The molecule has 1 unspecified atom stereocenters. The zero-order valence-corrected chi connectivity index (χ0v) is 13.7. The number of aliphatic carboxylic acids is 1. The molecule has 0 saturated heterocycles. The Hall–Kier alpha value is -1.57. The number of carboxylic acid groups (broad SMARTS) is 1. The van der Waals surface area contributed by atoms with Crippen molar-refractivity contribution in [3.05, 3.63) is 46.6 Å². The highest BCUT2D eigenvalue weighted by Gasteiger charge is 2.06. The highest BCUT2D eigenvalue weighted by Crippen LogP contribution is 2.19. The van der Waals surface area contributed by atoms with Crippen molar-refractivity contribution in [1.29, 1.82) is 0 Å². The first kappa shape index (κ1) is 18.4. The molecule has 2 nitrogen and oxygen atoms in total. The van der Waals surface area contributed by atoms with Crippen LogP contribution in [0.3, 0.4) is 0 Å². The van der Waals surface area contributed by atoms with E-state index in [4.69, 9.17) is 0 Å². The van der Waals surface area contributed by atoms with E-state index in [1.54, 1.807) is 12.2 Å². The summed E-state index contributed by atoms with van der Waals surface area (Å²) in [5, 5.41) is 9.26. The van der Waals surface area contributed by atoms with Crippen LogP contribution in [0.5, 0.6) is 0 Å². The number of rotatable bonds is 7. The van der Waals surface area contributed by atoms with E-state index in [0.717, 1.165) is 24.0 Å². The standard InChI is InChI=1S/C18H28O2/c1-7-9-10-16(18(19)20)12-17(13(3)4)11-15(6)14(5)8-2/h9-12,14H,7-8H2,1-6H3,(H,19,20)/b10-9+,15-11-,16-12+. The third-order valence-corrected chi connectivity index (χ3v) is 3.44. The van der Waals surface area contributed by atoms with Crippen molar-refractivity contribution in [3.8, 4) is 0 Å². The van der Waals surface area contributed by atoms with Gasteiger partial charge in [-0.1, -0.05) is 50.1 Å². The smallest absolute Gasteiger partial charge is 0.335 e. The van der Waals surface area contributed by atoms with Crippen molar-refractivity contribution in [2.75, 3.05) is 0 Å². The number of hydrogen-bond acceptors (Lipinski definition) is 1. The molecule has 0 aromatic rings. The molecule has 112 valence electrons. The number of carboxylic acids is 1. The Kier molecular flexibility index (Phi) is 8.62. The average molecular weight is 276 g/mol. The van der Waals surface area contributed by atoms with E-state index in [2.05, 4.69) is 26.8 Å². The lowest BCUT2D eigenvalue weighted by Crippen LogP contribution is -1.99. The highest BCUT2D eigenvalue weighted by atomic mass is 16.4. The Morgan fingerprint density at radius 2 is 1.75 bits per heavy atom. The van der Waals surface area contributed by atoms with Gasteiger partial charge in [-0.3, -0.25) is 0 Å². The number of hydrogen-bond donors (Lipinski definition) is 1. The second-order valence-electron chi connectivity index (χ2n) is 5.37. The maximum absolute atomic E-state index is 11.3. The lowest BCUT2D eigenvalue weighted by atomic mass is 9.95. The molecular formula is C18H28O2. The first-order chi connectivity index (χ1) is 9.33. The minimum atomic E-state index is -0.886. The van der Waals surface area contributed by atoms with E-state index in [0.29, 0.717) is 11.5 Å². The fraction of sp³-hybridized carbons (Fsp3) is 0.500. The Balaban J connectivity index is 5.57. The molecule has 0 amide bonds. The van der Waals surface area contributed by atoms with Gasteiger partial charge in [-0.05, 0) is 51.2 Å². The van der Waals surface area contributed by atoms with Crippen LogP contribution in [0.1, 0.15) is 54.4 Å². The van der Waals surface area contributed by atoms with E-state index in [-0.39, 0.29) is 0 Å². The van der Waals surface area contributed by atoms with Gasteiger partial charge in [0.2, 0.25) is 0 Å². The lowest BCUT2D eigenvalue weighted by molar-refractivity contribution is -0.132. The molecule has 20 heavy (non-hydrogen) atoms. The fourth-order valence-corrected chi connectivity index (χ4v) is 1.63. The first-order valence-corrected chi connectivity index (χ1v) is 7.30. The molecule has 0 aromatic carbocycles. The molecule has 2 heteroatoms. The summed E-state index contributed by atoms with van der Waals surface area (Å²) < 4.78 is 0. The van der Waals surface area contributed by atoms with Gasteiger partial charge in [0.1, 0.15) is 0 Å². The predicted octanol–water partition coefficient (Wildman–Crippen LogP) is 5.29. The van der Waals surface area contributed by atoms with Crippen LogP contribution in [0, 0.1) is 5.92 Å². The zero-order chi connectivity index (χ0) is 15.7. The Morgan fingerprint density at radius 3 is 2.15 bits per heavy atom. The molecular weight excluding hydrogens is 248 g/mol. The Labute approximate surface area is 123 Å². The van der Waals surface area contributed by atoms with Gasteiger partial charge < -0.3 is 5.11 Å². The number of carbonyl (C=O) groups is 1. The molecule has 0 saturated carbocycles. The van der Waals surface area contributed by atoms with Crippen LogP contribution in [0.15, 0.2) is 46.6 Å². The summed E-state index contributed by atoms with van der Waals surface area (Å²) in [6, 6.07) is 0. The third kappa shape index (κ3) is 6.55. The summed E-state index contributed by atoms with van der Waals surface area (Å²) in [7, 11) is 0. The summed E-state index contributed by atoms with van der Waals surface area (Å²) in [5.41, 5.74) is 3.72. The summed E-state index contributed by atoms with van der Waals surface area (Å²) in [6.07, 6.45) is 9.33. The van der Waals surface area contributed by atoms with Gasteiger partial charge in [0.05, 0.1) is 5.57 Å². The van der Waals surface area contributed by atoms with E-state index >= 15 is 0 Å². The van der Waals surface area contributed by atoms with E-state index in [1.807, 2.05) is 26.8 Å². The minimum Gasteiger partial charge on any atom is -0.478 e. The topological polar surface area (TPSA) is 37.3 Å². The number of allylic oxidation sites excluding steroid dienone is 6. The molecule has 1 atom stereocenters. The van der Waals surface area contributed by atoms with Crippen LogP contribution in [0.4, 0.5) is 0 Å². The molecule has 0 aliphatic heterocycles. The zero-order valence-electron chi connectivity index (χ0n) is 13.7. The molecule has 0 aliphatic rings. The third-order valence-electron chi connectivity index (χ3n) is 3.44. The Morgan fingerprint density at radius 1 is 1.15 bits per heavy atom. The molecule has 0 heterocycles. The van der Waals surface area contributed by atoms with Gasteiger partial charge in [0, 0.05) is 0 Å². The SMILES string of the molecule is CC/C=C/C(=C\C(/C=C(/C)C(C)CC)=C(C)C)C(=O)O. The van der Waals surface area contributed by atoms with Crippen molar-refractivity contribution in [3.63, 3.8) is 0 Å². The monoisotopic (exact) mass is 276 g/mol. The molecule has 0 aliphatic carbocycles. The van der Waals surface area contributed by atoms with Crippen LogP contribution < -0.4 is 0 Å². The van der Waals surface area contributed by atoms with Crippen LogP contribution in [0.25, 0.3) is 0 Å². The van der Waals surface area contributed by atoms with Gasteiger partial charge in [-0.15, -0.1) is 0 Å². The fourth-order valence-electron chi connectivity index (χ4n) is 1.63. The van der Waals surface area contributed by atoms with Gasteiger partial charge in [-0.25, -0.2) is 4.79 Å². The second-order valence-corrected chi connectivity index (χ2v) is 5.37. The van der Waals surface area contributed by atoms with Crippen molar-refractivity contribution in [1.82, 2.24) is 0 Å². The van der Waals surface area contributed by atoms with Crippen LogP contribution in [0.2, 0.25) is 0 Å². The molecule has 1 N–H and O–H groups in total. The minimum absolute atomic E-state index is 0.330. The van der Waals surface area contributed by atoms with Gasteiger partial charge in [0.15, 0.2) is 0 Å². The maximum atomic E-state index is 11.3. The van der Waals surface area contributed by atoms with Crippen LogP contribution >= 0.6 is 0 Å². The molecule has 0 radical (unpaired) electrons. The summed E-state index contributed by atoms with van der Waals surface area (Å²) >= 11 is 0. The predicted molar refractivity (Wildman–Crippen MR) is 86.7 cm³/mol. The van der Waals surface area contributed by atoms with Crippen LogP contribution in [-0.2, 0) is 4.79 Å². The molecule has 0 fully saturated rings. The summed E-state index contributed by atoms with van der Waals surface area (Å²) in [5.74, 6) is -0.375. The van der Waals surface area contributed by atoms with E-state index in [1.165, 1.54) is 5.57 Å². The largest absolute Gasteiger partial charge is 0.478 e. The molecule has 0 aromatic heterocycles. The van der Waals surface area contributed by atoms with Gasteiger partial charge in [-0.2, -0.15) is 0 Å². The first-order valence-electron chi connectivity index (χ1n) is 7.30. The molecule has 0 bridgehead atoms. The molecule has 0 rings (SSSR count). The van der Waals surface area contributed by atoms with Crippen LogP contribution in [-0.4, -0.2) is 11.1 Å². The normalized spacial score (nSPS) is 14.5. The highest BCUT2D eigenvalue weighted by molar-refractivity contribution is 5.90. The lowest BCUT2D eigenvalue weighted by Gasteiger charge is -2.10. The van der Waals surface area contributed by atoms with Crippen molar-refractivity contribution in [2.45, 2.75) is 54.4 Å². The van der Waals surface area contributed by atoms with E-state index < -0.39 is 5.97 Å². The van der Waals surface area contributed by atoms with Crippen molar-refractivity contribution < 1.29 is 9.90 Å².